The molecule has 0 bridgehead atoms. The van der Waals surface area contributed by atoms with E-state index in [1.54, 1.807) is 0 Å². The summed E-state index contributed by atoms with van der Waals surface area (Å²) in [5, 5.41) is 3.66. The lowest BCUT2D eigenvalue weighted by Crippen LogP contribution is -2.40. The van der Waals surface area contributed by atoms with Crippen LogP contribution in [0.2, 0.25) is 0 Å². The van der Waals surface area contributed by atoms with Crippen LogP contribution in [0.4, 0.5) is 0 Å². The maximum atomic E-state index is 3.66. The average Bonchev–Trinajstić information content (AvgIpc) is 2.48. The van der Waals surface area contributed by atoms with Gasteiger partial charge in [0.2, 0.25) is 0 Å². The molecular formula is C17H27BrN2. The smallest absolute Gasteiger partial charge is 0.0233 e. The van der Waals surface area contributed by atoms with E-state index in [1.807, 2.05) is 0 Å². The fourth-order valence-electron chi connectivity index (χ4n) is 3.08. The van der Waals surface area contributed by atoms with Crippen molar-refractivity contribution in [3.8, 4) is 0 Å². The highest BCUT2D eigenvalue weighted by Gasteiger charge is 2.23. The molecule has 0 spiro atoms. The molecule has 20 heavy (non-hydrogen) atoms. The Morgan fingerprint density at radius 2 is 1.80 bits per heavy atom. The number of hydrogen-bond donors (Lipinski definition) is 1. The maximum absolute atomic E-state index is 3.66. The van der Waals surface area contributed by atoms with Crippen molar-refractivity contribution in [1.29, 1.82) is 0 Å². The fourth-order valence-corrected chi connectivity index (χ4v) is 3.34. The monoisotopic (exact) mass is 338 g/mol. The Hall–Kier alpha value is -0.380. The Labute approximate surface area is 132 Å². The second-order valence-corrected chi connectivity index (χ2v) is 6.92. The van der Waals surface area contributed by atoms with Crippen molar-refractivity contribution in [2.45, 2.75) is 57.7 Å². The van der Waals surface area contributed by atoms with Gasteiger partial charge in [0.25, 0.3) is 0 Å². The Morgan fingerprint density at radius 3 is 2.40 bits per heavy atom. The number of nitrogens with zero attached hydrogens (tertiary/aromatic N) is 1. The molecule has 1 aromatic rings. The van der Waals surface area contributed by atoms with Crippen LogP contribution in [0.1, 0.15) is 44.6 Å². The van der Waals surface area contributed by atoms with E-state index < -0.39 is 0 Å². The van der Waals surface area contributed by atoms with Crippen molar-refractivity contribution in [1.82, 2.24) is 10.2 Å². The molecule has 1 aromatic carbocycles. The van der Waals surface area contributed by atoms with Crippen LogP contribution in [0.3, 0.4) is 0 Å². The predicted octanol–water partition coefficient (Wildman–Crippen LogP) is 4.19. The Morgan fingerprint density at radius 1 is 1.15 bits per heavy atom. The predicted molar refractivity (Wildman–Crippen MR) is 89.9 cm³/mol. The quantitative estimate of drug-likeness (QED) is 0.836. The van der Waals surface area contributed by atoms with E-state index in [1.165, 1.54) is 44.2 Å². The van der Waals surface area contributed by atoms with Crippen molar-refractivity contribution in [3.63, 3.8) is 0 Å². The topological polar surface area (TPSA) is 15.3 Å². The molecule has 3 heteroatoms. The minimum atomic E-state index is 0.748. The minimum absolute atomic E-state index is 0.748. The highest BCUT2D eigenvalue weighted by Crippen LogP contribution is 2.24. The van der Waals surface area contributed by atoms with Gasteiger partial charge in [-0.2, -0.15) is 0 Å². The number of benzene rings is 1. The van der Waals surface area contributed by atoms with E-state index in [0.717, 1.165) is 23.1 Å². The molecule has 0 aliphatic heterocycles. The molecule has 1 aliphatic carbocycles. The summed E-state index contributed by atoms with van der Waals surface area (Å²) in [5.41, 5.74) is 1.40. The molecule has 0 aromatic heterocycles. The lowest BCUT2D eigenvalue weighted by Gasteiger charge is -2.35. The van der Waals surface area contributed by atoms with Gasteiger partial charge in [-0.15, -0.1) is 0 Å². The van der Waals surface area contributed by atoms with E-state index in [4.69, 9.17) is 0 Å². The summed E-state index contributed by atoms with van der Waals surface area (Å²) in [6.45, 7) is 4.47. The second-order valence-electron chi connectivity index (χ2n) is 6.00. The number of rotatable bonds is 6. The van der Waals surface area contributed by atoms with Crippen LogP contribution in [0.15, 0.2) is 28.7 Å². The van der Waals surface area contributed by atoms with Gasteiger partial charge in [0.15, 0.2) is 0 Å². The molecule has 1 N–H and O–H groups in total. The molecule has 0 amide bonds. The maximum Gasteiger partial charge on any atom is 0.0233 e. The Bertz CT molecular complexity index is 382. The number of halogens is 1. The largest absolute Gasteiger partial charge is 0.314 e. The van der Waals surface area contributed by atoms with E-state index in [0.29, 0.717) is 0 Å². The molecule has 2 rings (SSSR count). The van der Waals surface area contributed by atoms with Gasteiger partial charge < -0.3 is 5.32 Å². The first-order valence-electron chi connectivity index (χ1n) is 7.87. The molecule has 1 fully saturated rings. The fraction of sp³-hybridized carbons (Fsp3) is 0.647. The van der Waals surface area contributed by atoms with Crippen LogP contribution in [0.5, 0.6) is 0 Å². The van der Waals surface area contributed by atoms with Crippen LogP contribution in [0.25, 0.3) is 0 Å². The van der Waals surface area contributed by atoms with Crippen LogP contribution in [-0.4, -0.2) is 30.6 Å². The third kappa shape index (κ3) is 4.87. The van der Waals surface area contributed by atoms with E-state index >= 15 is 0 Å². The first kappa shape index (κ1) is 16.0. The molecule has 0 unspecified atom stereocenters. The van der Waals surface area contributed by atoms with E-state index in [9.17, 15) is 0 Å². The van der Waals surface area contributed by atoms with E-state index in [-0.39, 0.29) is 0 Å². The van der Waals surface area contributed by atoms with Gasteiger partial charge in [-0.05, 0) is 63.4 Å². The summed E-state index contributed by atoms with van der Waals surface area (Å²) in [7, 11) is 2.27. The average molecular weight is 339 g/mol. The van der Waals surface area contributed by atoms with E-state index in [2.05, 4.69) is 64.4 Å². The third-order valence-corrected chi connectivity index (χ3v) is 4.88. The Kier molecular flexibility index (Phi) is 6.53. The summed E-state index contributed by atoms with van der Waals surface area (Å²) in [5.74, 6) is 0. The van der Waals surface area contributed by atoms with Gasteiger partial charge in [0.1, 0.15) is 0 Å². The Balaban J connectivity index is 1.76. The lowest BCUT2D eigenvalue weighted by molar-refractivity contribution is 0.168. The molecule has 0 radical (unpaired) electrons. The van der Waals surface area contributed by atoms with Crippen molar-refractivity contribution < 1.29 is 0 Å². The zero-order valence-electron chi connectivity index (χ0n) is 12.7. The molecule has 0 heterocycles. The van der Waals surface area contributed by atoms with Gasteiger partial charge in [-0.25, -0.2) is 0 Å². The van der Waals surface area contributed by atoms with Crippen LogP contribution in [0, 0.1) is 0 Å². The molecule has 112 valence electrons. The van der Waals surface area contributed by atoms with Crippen molar-refractivity contribution in [2.75, 3.05) is 13.6 Å². The molecule has 0 atom stereocenters. The SMILES string of the molecule is CCCNC1CCC(N(C)Cc2ccc(Br)cc2)CC1. The van der Waals surface area contributed by atoms with Gasteiger partial charge in [0, 0.05) is 23.1 Å². The minimum Gasteiger partial charge on any atom is -0.314 e. The van der Waals surface area contributed by atoms with Crippen molar-refractivity contribution >= 4 is 15.9 Å². The van der Waals surface area contributed by atoms with Crippen molar-refractivity contribution in [3.05, 3.63) is 34.3 Å². The standard InChI is InChI=1S/C17H27BrN2/c1-3-12-19-16-8-10-17(11-9-16)20(2)13-14-4-6-15(18)7-5-14/h4-7,16-17,19H,3,8-13H2,1-2H3. The van der Waals surface area contributed by atoms with Crippen LogP contribution >= 0.6 is 15.9 Å². The zero-order valence-corrected chi connectivity index (χ0v) is 14.3. The first-order valence-corrected chi connectivity index (χ1v) is 8.66. The number of nitrogens with one attached hydrogen (secondary N) is 1. The zero-order chi connectivity index (χ0) is 14.4. The summed E-state index contributed by atoms with van der Waals surface area (Å²) in [4.78, 5) is 2.53. The van der Waals surface area contributed by atoms with Gasteiger partial charge >= 0.3 is 0 Å². The summed E-state index contributed by atoms with van der Waals surface area (Å²) in [6.07, 6.45) is 6.55. The lowest BCUT2D eigenvalue weighted by atomic mass is 9.90. The number of hydrogen-bond acceptors (Lipinski definition) is 2. The summed E-state index contributed by atoms with van der Waals surface area (Å²) in [6, 6.07) is 10.2. The van der Waals surface area contributed by atoms with Crippen molar-refractivity contribution in [2.24, 2.45) is 0 Å². The molecule has 1 saturated carbocycles. The normalized spacial score (nSPS) is 23.2. The summed E-state index contributed by atoms with van der Waals surface area (Å²) < 4.78 is 1.16. The van der Waals surface area contributed by atoms with Crippen LogP contribution < -0.4 is 5.32 Å². The van der Waals surface area contributed by atoms with Crippen LogP contribution in [-0.2, 0) is 6.54 Å². The third-order valence-electron chi connectivity index (χ3n) is 4.35. The molecule has 1 aliphatic rings. The molecular weight excluding hydrogens is 312 g/mol. The highest BCUT2D eigenvalue weighted by molar-refractivity contribution is 9.10. The second kappa shape index (κ2) is 8.16. The molecule has 0 saturated heterocycles. The summed E-state index contributed by atoms with van der Waals surface area (Å²) >= 11 is 3.49. The first-order chi connectivity index (χ1) is 9.69. The van der Waals surface area contributed by atoms with Gasteiger partial charge in [-0.1, -0.05) is 35.0 Å². The van der Waals surface area contributed by atoms with Gasteiger partial charge in [0.05, 0.1) is 0 Å². The van der Waals surface area contributed by atoms with Gasteiger partial charge in [-0.3, -0.25) is 4.90 Å². The molecule has 2 nitrogen and oxygen atoms in total. The highest BCUT2D eigenvalue weighted by atomic mass is 79.9.